The Bertz CT molecular complexity index is 1350. The number of hydrogen-bond acceptors (Lipinski definition) is 4. The molecule has 1 aliphatic rings. The molecule has 164 valence electrons. The van der Waals surface area contributed by atoms with Crippen LogP contribution in [0.2, 0.25) is 10.0 Å². The van der Waals surface area contributed by atoms with Crippen LogP contribution in [0.1, 0.15) is 15.9 Å². The number of urea groups is 1. The van der Waals surface area contributed by atoms with Crippen LogP contribution in [0.25, 0.3) is 5.69 Å². The molecule has 1 saturated heterocycles. The lowest BCUT2D eigenvalue weighted by Crippen LogP contribution is -2.42. The second kappa shape index (κ2) is 8.52. The van der Waals surface area contributed by atoms with Gasteiger partial charge >= 0.3 is 17.7 Å². The van der Waals surface area contributed by atoms with E-state index in [9.17, 15) is 24.3 Å². The van der Waals surface area contributed by atoms with E-state index < -0.39 is 22.8 Å². The number of aromatic nitrogens is 2. The van der Waals surface area contributed by atoms with E-state index in [-0.39, 0.29) is 22.6 Å². The quantitative estimate of drug-likeness (QED) is 0.589. The zero-order valence-electron chi connectivity index (χ0n) is 16.4. The van der Waals surface area contributed by atoms with E-state index in [2.05, 4.69) is 5.32 Å². The SMILES string of the molecule is O=C(O)c1cn(-c2ccc(N3CCNC3=O)cc2)c(=O)n(Cc2cccc(Cl)c2Cl)c1=O. The van der Waals surface area contributed by atoms with Gasteiger partial charge in [0.25, 0.3) is 5.56 Å². The fourth-order valence-corrected chi connectivity index (χ4v) is 3.80. The number of carbonyl (C=O) groups is 2. The van der Waals surface area contributed by atoms with Gasteiger partial charge in [-0.05, 0) is 35.9 Å². The standard InChI is InChI=1S/C21H16Cl2N4O5/c22-16-3-1-2-12(17(16)23)10-27-18(28)15(19(29)30)11-26(21(27)32)14-6-4-13(5-7-14)25-9-8-24-20(25)31/h1-7,11H,8-10H2,(H,24,31)(H,29,30). The van der Waals surface area contributed by atoms with Crippen molar-refractivity contribution in [2.24, 2.45) is 0 Å². The van der Waals surface area contributed by atoms with E-state index >= 15 is 0 Å². The van der Waals surface area contributed by atoms with Gasteiger partial charge in [0, 0.05) is 25.0 Å². The predicted molar refractivity (Wildman–Crippen MR) is 120 cm³/mol. The summed E-state index contributed by atoms with van der Waals surface area (Å²) in [6.07, 6.45) is 0.987. The molecule has 2 N–H and O–H groups in total. The Morgan fingerprint density at radius 3 is 2.34 bits per heavy atom. The Morgan fingerprint density at radius 2 is 1.72 bits per heavy atom. The van der Waals surface area contributed by atoms with E-state index in [0.29, 0.717) is 30.0 Å². The molecule has 2 aromatic carbocycles. The molecule has 2 heterocycles. The summed E-state index contributed by atoms with van der Waals surface area (Å²) in [4.78, 5) is 50.9. The van der Waals surface area contributed by atoms with Crippen molar-refractivity contribution in [1.82, 2.24) is 14.5 Å². The van der Waals surface area contributed by atoms with E-state index in [4.69, 9.17) is 23.2 Å². The Morgan fingerprint density at radius 1 is 1.03 bits per heavy atom. The number of anilines is 1. The van der Waals surface area contributed by atoms with Gasteiger partial charge in [0.15, 0.2) is 0 Å². The monoisotopic (exact) mass is 474 g/mol. The van der Waals surface area contributed by atoms with Crippen LogP contribution in [-0.2, 0) is 6.54 Å². The van der Waals surface area contributed by atoms with Crippen molar-refractivity contribution in [1.29, 1.82) is 0 Å². The van der Waals surface area contributed by atoms with Gasteiger partial charge in [-0.15, -0.1) is 0 Å². The second-order valence-corrected chi connectivity index (χ2v) is 7.79. The highest BCUT2D eigenvalue weighted by Gasteiger charge is 2.22. The third-order valence-corrected chi connectivity index (χ3v) is 5.92. The summed E-state index contributed by atoms with van der Waals surface area (Å²) in [5, 5.41) is 12.6. The van der Waals surface area contributed by atoms with Crippen LogP contribution in [-0.4, -0.2) is 39.3 Å². The normalized spacial score (nSPS) is 13.3. The third kappa shape index (κ3) is 3.88. The molecule has 1 fully saturated rings. The minimum Gasteiger partial charge on any atom is -0.477 e. The maximum atomic E-state index is 13.1. The average molecular weight is 475 g/mol. The number of aromatic carboxylic acids is 1. The summed E-state index contributed by atoms with van der Waals surface area (Å²) in [6.45, 7) is 0.774. The molecule has 11 heteroatoms. The molecular weight excluding hydrogens is 459 g/mol. The first-order valence-electron chi connectivity index (χ1n) is 9.46. The number of carboxylic acid groups (broad SMARTS) is 1. The van der Waals surface area contributed by atoms with Gasteiger partial charge in [-0.3, -0.25) is 18.8 Å². The summed E-state index contributed by atoms with van der Waals surface area (Å²) in [7, 11) is 0. The van der Waals surface area contributed by atoms with Crippen LogP contribution in [0.4, 0.5) is 10.5 Å². The Kier molecular flexibility index (Phi) is 5.77. The minimum atomic E-state index is -1.47. The highest BCUT2D eigenvalue weighted by atomic mass is 35.5. The van der Waals surface area contributed by atoms with Gasteiger partial charge in [-0.25, -0.2) is 14.4 Å². The topological polar surface area (TPSA) is 114 Å². The molecule has 9 nitrogen and oxygen atoms in total. The van der Waals surface area contributed by atoms with Gasteiger partial charge in [-0.1, -0.05) is 35.3 Å². The first-order valence-corrected chi connectivity index (χ1v) is 10.2. The number of nitrogens with zero attached hydrogens (tertiary/aromatic N) is 3. The van der Waals surface area contributed by atoms with Crippen LogP contribution >= 0.6 is 23.2 Å². The van der Waals surface area contributed by atoms with Gasteiger partial charge in [0.05, 0.1) is 22.3 Å². The number of halogens is 2. The lowest BCUT2D eigenvalue weighted by atomic mass is 10.2. The Labute approximate surface area is 191 Å². The second-order valence-electron chi connectivity index (χ2n) is 7.00. The smallest absolute Gasteiger partial charge is 0.342 e. The van der Waals surface area contributed by atoms with Gasteiger partial charge in [0.2, 0.25) is 0 Å². The molecule has 0 saturated carbocycles. The van der Waals surface area contributed by atoms with E-state index in [0.717, 1.165) is 15.3 Å². The van der Waals surface area contributed by atoms with Crippen molar-refractivity contribution >= 4 is 40.9 Å². The number of amides is 2. The molecule has 1 aliphatic heterocycles. The van der Waals surface area contributed by atoms with Crippen molar-refractivity contribution in [2.75, 3.05) is 18.0 Å². The van der Waals surface area contributed by atoms with Gasteiger partial charge < -0.3 is 10.4 Å². The molecule has 32 heavy (non-hydrogen) atoms. The van der Waals surface area contributed by atoms with Crippen LogP contribution in [0.15, 0.2) is 58.3 Å². The number of hydrogen-bond donors (Lipinski definition) is 2. The first kappa shape index (κ1) is 21.7. The fourth-order valence-electron chi connectivity index (χ4n) is 3.43. The molecule has 1 aromatic heterocycles. The van der Waals surface area contributed by atoms with Gasteiger partial charge in [0.1, 0.15) is 5.56 Å². The molecule has 0 unspecified atom stereocenters. The Hall–Kier alpha value is -3.56. The zero-order chi connectivity index (χ0) is 23.0. The minimum absolute atomic E-state index is 0.168. The van der Waals surface area contributed by atoms with Crippen LogP contribution in [0, 0.1) is 0 Å². The molecule has 0 spiro atoms. The number of carboxylic acids is 1. The molecule has 0 radical (unpaired) electrons. The fraction of sp³-hybridized carbons (Fsp3) is 0.143. The van der Waals surface area contributed by atoms with Gasteiger partial charge in [-0.2, -0.15) is 0 Å². The van der Waals surface area contributed by atoms with Crippen molar-refractivity contribution in [3.8, 4) is 5.69 Å². The zero-order valence-corrected chi connectivity index (χ0v) is 17.9. The largest absolute Gasteiger partial charge is 0.477 e. The lowest BCUT2D eigenvalue weighted by molar-refractivity contribution is 0.0693. The number of rotatable bonds is 5. The maximum Gasteiger partial charge on any atom is 0.342 e. The average Bonchev–Trinajstić information content (AvgIpc) is 3.20. The summed E-state index contributed by atoms with van der Waals surface area (Å²) >= 11 is 12.2. The van der Waals surface area contributed by atoms with Crippen molar-refractivity contribution in [2.45, 2.75) is 6.54 Å². The molecule has 0 atom stereocenters. The van der Waals surface area contributed by atoms with Crippen molar-refractivity contribution in [3.05, 3.63) is 90.7 Å². The number of nitrogens with one attached hydrogen (secondary N) is 1. The number of carbonyl (C=O) groups excluding carboxylic acids is 1. The molecule has 0 aliphatic carbocycles. The molecule has 2 amide bonds. The van der Waals surface area contributed by atoms with Crippen LogP contribution < -0.4 is 21.5 Å². The van der Waals surface area contributed by atoms with Crippen molar-refractivity contribution in [3.63, 3.8) is 0 Å². The highest BCUT2D eigenvalue weighted by Crippen LogP contribution is 2.25. The molecule has 3 aromatic rings. The van der Waals surface area contributed by atoms with Crippen LogP contribution in [0.5, 0.6) is 0 Å². The Balaban J connectivity index is 1.81. The molecule has 0 bridgehead atoms. The summed E-state index contributed by atoms with van der Waals surface area (Å²) in [5.74, 6) is -1.47. The molecular formula is C21H16Cl2N4O5. The lowest BCUT2D eigenvalue weighted by Gasteiger charge is -2.16. The summed E-state index contributed by atoms with van der Waals surface area (Å²) in [6, 6.07) is 10.9. The van der Waals surface area contributed by atoms with E-state index in [1.54, 1.807) is 42.5 Å². The van der Waals surface area contributed by atoms with Crippen molar-refractivity contribution < 1.29 is 14.7 Å². The maximum absolute atomic E-state index is 13.1. The summed E-state index contributed by atoms with van der Waals surface area (Å²) in [5.41, 5.74) is -0.947. The van der Waals surface area contributed by atoms with E-state index in [1.165, 1.54) is 4.90 Å². The van der Waals surface area contributed by atoms with E-state index in [1.807, 2.05) is 0 Å². The summed E-state index contributed by atoms with van der Waals surface area (Å²) < 4.78 is 1.86. The first-order chi connectivity index (χ1) is 15.3. The third-order valence-electron chi connectivity index (χ3n) is 5.06. The molecule has 4 rings (SSSR count). The number of benzene rings is 2. The highest BCUT2D eigenvalue weighted by molar-refractivity contribution is 6.42. The predicted octanol–water partition coefficient (Wildman–Crippen LogP) is 2.58. The van der Waals surface area contributed by atoms with Crippen LogP contribution in [0.3, 0.4) is 0 Å².